The number of carbonyl (C=O) groups is 2. The van der Waals surface area contributed by atoms with Crippen LogP contribution in [0.5, 0.6) is 0 Å². The van der Waals surface area contributed by atoms with Crippen molar-refractivity contribution in [3.05, 3.63) is 0 Å². The summed E-state index contributed by atoms with van der Waals surface area (Å²) in [4.78, 5) is 20.0. The van der Waals surface area contributed by atoms with Crippen LogP contribution in [0.3, 0.4) is 0 Å². The van der Waals surface area contributed by atoms with E-state index in [0.29, 0.717) is 0 Å². The fourth-order valence-electron chi connectivity index (χ4n) is 0. The first kappa shape index (κ1) is 19.5. The molecule has 0 saturated heterocycles. The first-order valence-electron chi connectivity index (χ1n) is 4.36. The molecule has 0 aromatic carbocycles. The second-order valence-electron chi connectivity index (χ2n) is 5.11. The molecule has 0 amide bonds. The molecule has 0 aromatic heterocycles. The third-order valence-electron chi connectivity index (χ3n) is 1.28. The van der Waals surface area contributed by atoms with Crippen LogP contribution in [-0.4, -0.2) is 22.2 Å². The SMILES string of the molecule is CC(C)(C)C(=O)O.CC(C)(C)C(=O)O.N. The second-order valence-corrected chi connectivity index (χ2v) is 5.11. The largest absolute Gasteiger partial charge is 0.481 e. The molecule has 0 aliphatic rings. The van der Waals surface area contributed by atoms with E-state index < -0.39 is 22.8 Å². The molecule has 5 nitrogen and oxygen atoms in total. The zero-order valence-electron chi connectivity index (χ0n) is 10.4. The average molecular weight is 221 g/mol. The van der Waals surface area contributed by atoms with Gasteiger partial charge in [0.05, 0.1) is 10.8 Å². The molecular formula is C10H23NO4. The Morgan fingerprint density at radius 3 is 0.800 bits per heavy atom. The Bertz CT molecular complexity index is 186. The van der Waals surface area contributed by atoms with Crippen molar-refractivity contribution in [2.24, 2.45) is 10.8 Å². The molecule has 5 heteroatoms. The molecule has 5 N–H and O–H groups in total. The van der Waals surface area contributed by atoms with Crippen molar-refractivity contribution >= 4 is 11.9 Å². The molecule has 0 saturated carbocycles. The van der Waals surface area contributed by atoms with E-state index in [0.717, 1.165) is 0 Å². The van der Waals surface area contributed by atoms with Crippen LogP contribution in [0.2, 0.25) is 0 Å². The molecule has 0 rings (SSSR count). The molecule has 0 heterocycles. The van der Waals surface area contributed by atoms with Crippen LogP contribution in [0, 0.1) is 10.8 Å². The smallest absolute Gasteiger partial charge is 0.308 e. The highest BCUT2D eigenvalue weighted by Gasteiger charge is 2.19. The van der Waals surface area contributed by atoms with Crippen molar-refractivity contribution in [3.63, 3.8) is 0 Å². The lowest BCUT2D eigenvalue weighted by Crippen LogP contribution is -2.18. The molecule has 0 aliphatic carbocycles. The number of hydrogen-bond acceptors (Lipinski definition) is 3. The normalized spacial score (nSPS) is 10.5. The van der Waals surface area contributed by atoms with Gasteiger partial charge in [0.25, 0.3) is 0 Å². The highest BCUT2D eigenvalue weighted by Crippen LogP contribution is 2.11. The molecular weight excluding hydrogens is 198 g/mol. The number of carboxylic acid groups (broad SMARTS) is 2. The molecule has 0 spiro atoms. The summed E-state index contributed by atoms with van der Waals surface area (Å²) in [6.45, 7) is 9.97. The molecule has 0 fully saturated rings. The molecule has 0 atom stereocenters. The summed E-state index contributed by atoms with van der Waals surface area (Å²) in [6.07, 6.45) is 0. The van der Waals surface area contributed by atoms with Crippen molar-refractivity contribution in [2.45, 2.75) is 41.5 Å². The van der Waals surface area contributed by atoms with Crippen LogP contribution in [0.4, 0.5) is 0 Å². The number of carboxylic acids is 2. The summed E-state index contributed by atoms with van der Waals surface area (Å²) < 4.78 is 0. The summed E-state index contributed by atoms with van der Waals surface area (Å²) in [5.41, 5.74) is -1.17. The van der Waals surface area contributed by atoms with Crippen LogP contribution in [-0.2, 0) is 9.59 Å². The Labute approximate surface area is 91.1 Å². The van der Waals surface area contributed by atoms with Gasteiger partial charge in [0.2, 0.25) is 0 Å². The van der Waals surface area contributed by atoms with Gasteiger partial charge in [-0.05, 0) is 41.5 Å². The lowest BCUT2D eigenvalue weighted by Gasteiger charge is -2.08. The van der Waals surface area contributed by atoms with Crippen LogP contribution in [0.15, 0.2) is 0 Å². The Kier molecular flexibility index (Phi) is 8.30. The fraction of sp³-hybridized carbons (Fsp3) is 0.800. The van der Waals surface area contributed by atoms with Gasteiger partial charge < -0.3 is 16.4 Å². The van der Waals surface area contributed by atoms with Crippen molar-refractivity contribution in [3.8, 4) is 0 Å². The maximum atomic E-state index is 10.0. The van der Waals surface area contributed by atoms with E-state index in [-0.39, 0.29) is 6.15 Å². The van der Waals surface area contributed by atoms with Crippen molar-refractivity contribution < 1.29 is 19.8 Å². The highest BCUT2D eigenvalue weighted by molar-refractivity contribution is 5.73. The van der Waals surface area contributed by atoms with Crippen LogP contribution in [0.1, 0.15) is 41.5 Å². The maximum absolute atomic E-state index is 10.0. The standard InChI is InChI=1S/2C5H10O2.H3N/c2*1-5(2,3)4(6)7;/h2*1-3H3,(H,6,7);1H3. The van der Waals surface area contributed by atoms with Gasteiger partial charge in [-0.1, -0.05) is 0 Å². The zero-order chi connectivity index (χ0) is 12.2. The molecule has 92 valence electrons. The summed E-state index contributed by atoms with van der Waals surface area (Å²) in [6, 6.07) is 0. The molecule has 0 radical (unpaired) electrons. The van der Waals surface area contributed by atoms with Gasteiger partial charge in [0, 0.05) is 0 Å². The number of aliphatic carboxylic acids is 2. The lowest BCUT2D eigenvalue weighted by molar-refractivity contribution is -0.146. The minimum Gasteiger partial charge on any atom is -0.481 e. The summed E-state index contributed by atoms with van der Waals surface area (Å²) >= 11 is 0. The third-order valence-corrected chi connectivity index (χ3v) is 1.28. The first-order chi connectivity index (χ1) is 5.89. The predicted octanol–water partition coefficient (Wildman–Crippen LogP) is 2.40. The van der Waals surface area contributed by atoms with Crippen LogP contribution < -0.4 is 6.15 Å². The van der Waals surface area contributed by atoms with Gasteiger partial charge in [-0.3, -0.25) is 9.59 Å². The molecule has 15 heavy (non-hydrogen) atoms. The van der Waals surface area contributed by atoms with Crippen molar-refractivity contribution in [1.82, 2.24) is 6.15 Å². The topological polar surface area (TPSA) is 110 Å². The Balaban J connectivity index is -0.000000180. The fourth-order valence-corrected chi connectivity index (χ4v) is 0. The van der Waals surface area contributed by atoms with Gasteiger partial charge >= 0.3 is 11.9 Å². The maximum Gasteiger partial charge on any atom is 0.308 e. The minimum absolute atomic E-state index is 0. The van der Waals surface area contributed by atoms with Crippen LogP contribution in [0.25, 0.3) is 0 Å². The average Bonchev–Trinajstić information content (AvgIpc) is 1.83. The van der Waals surface area contributed by atoms with Crippen molar-refractivity contribution in [2.75, 3.05) is 0 Å². The highest BCUT2D eigenvalue weighted by atomic mass is 16.4. The number of hydrogen-bond donors (Lipinski definition) is 3. The Hall–Kier alpha value is -1.10. The van der Waals surface area contributed by atoms with E-state index in [1.807, 2.05) is 0 Å². The molecule has 0 bridgehead atoms. The molecule has 0 unspecified atom stereocenters. The first-order valence-corrected chi connectivity index (χ1v) is 4.36. The van der Waals surface area contributed by atoms with E-state index >= 15 is 0 Å². The van der Waals surface area contributed by atoms with E-state index in [2.05, 4.69) is 0 Å². The van der Waals surface area contributed by atoms with E-state index in [4.69, 9.17) is 10.2 Å². The second kappa shape index (κ2) is 6.40. The van der Waals surface area contributed by atoms with E-state index in [9.17, 15) is 9.59 Å². The summed E-state index contributed by atoms with van der Waals surface area (Å²) in [7, 11) is 0. The van der Waals surface area contributed by atoms with Crippen molar-refractivity contribution in [1.29, 1.82) is 0 Å². The monoisotopic (exact) mass is 221 g/mol. The number of rotatable bonds is 0. The minimum atomic E-state index is -0.757. The van der Waals surface area contributed by atoms with E-state index in [1.165, 1.54) is 0 Å². The van der Waals surface area contributed by atoms with Gasteiger partial charge in [-0.25, -0.2) is 0 Å². The van der Waals surface area contributed by atoms with Gasteiger partial charge in [0.15, 0.2) is 0 Å². The van der Waals surface area contributed by atoms with Gasteiger partial charge in [-0.15, -0.1) is 0 Å². The molecule has 0 aromatic rings. The zero-order valence-corrected chi connectivity index (χ0v) is 10.4. The van der Waals surface area contributed by atoms with Gasteiger partial charge in [0.1, 0.15) is 0 Å². The summed E-state index contributed by atoms with van der Waals surface area (Å²) in [5, 5.41) is 16.5. The molecule has 0 aliphatic heterocycles. The van der Waals surface area contributed by atoms with Gasteiger partial charge in [-0.2, -0.15) is 0 Å². The Morgan fingerprint density at radius 1 is 0.733 bits per heavy atom. The summed E-state index contributed by atoms with van der Waals surface area (Å²) in [5.74, 6) is -1.51. The van der Waals surface area contributed by atoms with Crippen LogP contribution >= 0.6 is 0 Å². The quantitative estimate of drug-likeness (QED) is 0.581. The van der Waals surface area contributed by atoms with E-state index in [1.54, 1.807) is 41.5 Å². The third kappa shape index (κ3) is 12.9. The lowest BCUT2D eigenvalue weighted by atomic mass is 9.98. The Morgan fingerprint density at radius 2 is 0.800 bits per heavy atom. The predicted molar refractivity (Wildman–Crippen MR) is 59.2 cm³/mol.